The lowest BCUT2D eigenvalue weighted by Gasteiger charge is -2.09. The molecule has 0 atom stereocenters. The summed E-state index contributed by atoms with van der Waals surface area (Å²) in [5.74, 6) is 0.180. The molecule has 0 N–H and O–H groups in total. The van der Waals surface area contributed by atoms with Gasteiger partial charge in [0.1, 0.15) is 10.6 Å². The highest BCUT2D eigenvalue weighted by atomic mass is 79.9. The van der Waals surface area contributed by atoms with E-state index in [1.807, 2.05) is 0 Å². The van der Waals surface area contributed by atoms with Crippen LogP contribution >= 0.6 is 15.9 Å². The van der Waals surface area contributed by atoms with E-state index in [0.717, 1.165) is 0 Å². The molecule has 0 unspecified atom stereocenters. The molecule has 1 aromatic carbocycles. The summed E-state index contributed by atoms with van der Waals surface area (Å²) in [6.07, 6.45) is 1.71. The first-order valence-corrected chi connectivity index (χ1v) is 7.92. The minimum Gasteiger partial charge on any atom is -0.495 e. The first-order chi connectivity index (χ1) is 8.92. The second kappa shape index (κ2) is 5.34. The van der Waals surface area contributed by atoms with E-state index >= 15 is 0 Å². The van der Waals surface area contributed by atoms with Gasteiger partial charge < -0.3 is 4.74 Å². The van der Waals surface area contributed by atoms with Crippen LogP contribution in [0.25, 0.3) is 0 Å². The average molecular weight is 345 g/mol. The SMILES string of the molecule is COc1ccc(Br)cc1S(=O)(=O)Cc1ccn(C)n1. The van der Waals surface area contributed by atoms with Crippen molar-refractivity contribution in [3.8, 4) is 5.75 Å². The summed E-state index contributed by atoms with van der Waals surface area (Å²) in [4.78, 5) is 0.162. The Balaban J connectivity index is 2.41. The minimum absolute atomic E-state index is 0.152. The molecule has 19 heavy (non-hydrogen) atoms. The number of ether oxygens (including phenoxy) is 1. The Morgan fingerprint density at radius 1 is 1.37 bits per heavy atom. The Kier molecular flexibility index (Phi) is 3.96. The number of hydrogen-bond donors (Lipinski definition) is 0. The number of nitrogens with zero attached hydrogens (tertiary/aromatic N) is 2. The number of rotatable bonds is 4. The Morgan fingerprint density at radius 2 is 2.11 bits per heavy atom. The maximum absolute atomic E-state index is 12.4. The maximum atomic E-state index is 12.4. The topological polar surface area (TPSA) is 61.2 Å². The van der Waals surface area contributed by atoms with Gasteiger partial charge in [0.2, 0.25) is 0 Å². The lowest BCUT2D eigenvalue weighted by Crippen LogP contribution is -2.08. The lowest BCUT2D eigenvalue weighted by molar-refractivity contribution is 0.402. The molecule has 1 heterocycles. The van der Waals surface area contributed by atoms with Crippen molar-refractivity contribution in [3.63, 3.8) is 0 Å². The van der Waals surface area contributed by atoms with Crippen LogP contribution in [0.1, 0.15) is 5.69 Å². The van der Waals surface area contributed by atoms with Crippen molar-refractivity contribution in [3.05, 3.63) is 40.6 Å². The van der Waals surface area contributed by atoms with E-state index in [2.05, 4.69) is 21.0 Å². The molecular weight excluding hydrogens is 332 g/mol. The van der Waals surface area contributed by atoms with Crippen LogP contribution in [0.3, 0.4) is 0 Å². The number of benzene rings is 1. The summed E-state index contributed by atoms with van der Waals surface area (Å²) < 4.78 is 32.1. The molecule has 7 heteroatoms. The van der Waals surface area contributed by atoms with Gasteiger partial charge in [0.05, 0.1) is 18.6 Å². The smallest absolute Gasteiger partial charge is 0.187 e. The van der Waals surface area contributed by atoms with Crippen molar-refractivity contribution in [1.82, 2.24) is 9.78 Å². The Bertz CT molecular complexity index is 695. The Hall–Kier alpha value is -1.34. The Morgan fingerprint density at radius 3 is 2.68 bits per heavy atom. The lowest BCUT2D eigenvalue weighted by atomic mass is 10.3. The van der Waals surface area contributed by atoms with Crippen molar-refractivity contribution < 1.29 is 13.2 Å². The molecular formula is C12H13BrN2O3S. The molecule has 0 radical (unpaired) electrons. The molecule has 0 aliphatic rings. The number of methoxy groups -OCH3 is 1. The van der Waals surface area contributed by atoms with Crippen molar-refractivity contribution in [2.24, 2.45) is 7.05 Å². The third-order valence-corrected chi connectivity index (χ3v) is 4.73. The fraction of sp³-hybridized carbons (Fsp3) is 0.250. The summed E-state index contributed by atoms with van der Waals surface area (Å²) in [6, 6.07) is 6.58. The highest BCUT2D eigenvalue weighted by Crippen LogP contribution is 2.29. The van der Waals surface area contributed by atoms with Crippen molar-refractivity contribution in [1.29, 1.82) is 0 Å². The van der Waals surface area contributed by atoms with E-state index < -0.39 is 9.84 Å². The molecule has 2 rings (SSSR count). The normalized spacial score (nSPS) is 11.5. The molecule has 0 spiro atoms. The van der Waals surface area contributed by atoms with Crippen molar-refractivity contribution in [2.45, 2.75) is 10.6 Å². The van der Waals surface area contributed by atoms with Crippen molar-refractivity contribution in [2.75, 3.05) is 7.11 Å². The van der Waals surface area contributed by atoms with Crippen LogP contribution in [-0.4, -0.2) is 25.3 Å². The van der Waals surface area contributed by atoms with Gasteiger partial charge in [0.25, 0.3) is 0 Å². The molecule has 0 aliphatic carbocycles. The quantitative estimate of drug-likeness (QED) is 0.852. The number of aromatic nitrogens is 2. The number of halogens is 1. The van der Waals surface area contributed by atoms with Crippen LogP contribution in [0, 0.1) is 0 Å². The first-order valence-electron chi connectivity index (χ1n) is 5.47. The standard InChI is InChI=1S/C12H13BrN2O3S/c1-15-6-5-10(14-15)8-19(16,17)12-7-9(13)3-4-11(12)18-2/h3-7H,8H2,1-2H3. The summed E-state index contributed by atoms with van der Waals surface area (Å²) >= 11 is 3.27. The summed E-state index contributed by atoms with van der Waals surface area (Å²) in [5.41, 5.74) is 0.504. The highest BCUT2D eigenvalue weighted by molar-refractivity contribution is 9.10. The van der Waals surface area contributed by atoms with E-state index in [1.54, 1.807) is 36.1 Å². The second-order valence-electron chi connectivity index (χ2n) is 4.04. The summed E-state index contributed by atoms with van der Waals surface area (Å²) in [5, 5.41) is 4.08. The monoisotopic (exact) mass is 344 g/mol. The zero-order valence-electron chi connectivity index (χ0n) is 10.5. The highest BCUT2D eigenvalue weighted by Gasteiger charge is 2.21. The molecule has 0 saturated carbocycles. The zero-order chi connectivity index (χ0) is 14.0. The predicted octanol–water partition coefficient (Wildman–Crippen LogP) is 2.17. The van der Waals surface area contributed by atoms with E-state index in [9.17, 15) is 8.42 Å². The minimum atomic E-state index is -3.50. The fourth-order valence-electron chi connectivity index (χ4n) is 1.71. The molecule has 0 saturated heterocycles. The maximum Gasteiger partial charge on any atom is 0.187 e. The fourth-order valence-corrected chi connectivity index (χ4v) is 3.68. The van der Waals surface area contributed by atoms with Gasteiger partial charge in [0.15, 0.2) is 9.84 Å². The summed E-state index contributed by atoms with van der Waals surface area (Å²) in [6.45, 7) is 0. The molecule has 5 nitrogen and oxygen atoms in total. The van der Waals surface area contributed by atoms with Gasteiger partial charge in [-0.05, 0) is 24.3 Å². The van der Waals surface area contributed by atoms with Gasteiger partial charge in [-0.2, -0.15) is 5.10 Å². The second-order valence-corrected chi connectivity index (χ2v) is 6.91. The molecule has 102 valence electrons. The number of hydrogen-bond acceptors (Lipinski definition) is 4. The van der Waals surface area contributed by atoms with Gasteiger partial charge >= 0.3 is 0 Å². The van der Waals surface area contributed by atoms with Gasteiger partial charge in [-0.15, -0.1) is 0 Å². The van der Waals surface area contributed by atoms with Gasteiger partial charge in [-0.3, -0.25) is 4.68 Å². The van der Waals surface area contributed by atoms with Crippen molar-refractivity contribution >= 4 is 25.8 Å². The third kappa shape index (κ3) is 3.16. The molecule has 1 aromatic heterocycles. The van der Waals surface area contributed by atoms with Gasteiger partial charge in [-0.25, -0.2) is 8.42 Å². The largest absolute Gasteiger partial charge is 0.495 e. The van der Waals surface area contributed by atoms with Gasteiger partial charge in [-0.1, -0.05) is 15.9 Å². The van der Waals surface area contributed by atoms with Crippen LogP contribution in [0.5, 0.6) is 5.75 Å². The molecule has 0 aliphatic heterocycles. The van der Waals surface area contributed by atoms with Crippen LogP contribution in [0.15, 0.2) is 39.8 Å². The third-order valence-electron chi connectivity index (χ3n) is 2.57. The number of aryl methyl sites for hydroxylation is 1. The van der Waals surface area contributed by atoms with Crippen LogP contribution in [0.4, 0.5) is 0 Å². The van der Waals surface area contributed by atoms with Gasteiger partial charge in [0, 0.05) is 17.7 Å². The van der Waals surface area contributed by atoms with Crippen LogP contribution in [-0.2, 0) is 22.6 Å². The predicted molar refractivity (Wildman–Crippen MR) is 74.8 cm³/mol. The first kappa shape index (κ1) is 14.1. The molecule has 2 aromatic rings. The summed E-state index contributed by atoms with van der Waals surface area (Å²) in [7, 11) is -0.303. The zero-order valence-corrected chi connectivity index (χ0v) is 12.9. The number of sulfone groups is 1. The van der Waals surface area contributed by atoms with E-state index in [0.29, 0.717) is 15.9 Å². The van der Waals surface area contributed by atoms with Crippen LogP contribution in [0.2, 0.25) is 0 Å². The Labute approximate surface area is 120 Å². The van der Waals surface area contributed by atoms with E-state index in [1.165, 1.54) is 13.2 Å². The van der Waals surface area contributed by atoms with E-state index in [-0.39, 0.29) is 10.6 Å². The van der Waals surface area contributed by atoms with E-state index in [4.69, 9.17) is 4.74 Å². The molecule has 0 amide bonds. The average Bonchev–Trinajstić information content (AvgIpc) is 2.74. The van der Waals surface area contributed by atoms with Crippen LogP contribution < -0.4 is 4.74 Å². The molecule has 0 fully saturated rings. The molecule has 0 bridgehead atoms.